The molecule has 0 aliphatic heterocycles. The van der Waals surface area contributed by atoms with Crippen LogP contribution in [-0.4, -0.2) is 41.6 Å². The fourth-order valence-electron chi connectivity index (χ4n) is 1.03. The summed E-state index contributed by atoms with van der Waals surface area (Å²) in [5.41, 5.74) is 0.226. The van der Waals surface area contributed by atoms with Gasteiger partial charge in [-0.25, -0.2) is 4.79 Å². The molecule has 0 aliphatic carbocycles. The van der Waals surface area contributed by atoms with Crippen molar-refractivity contribution in [2.24, 2.45) is 0 Å². The van der Waals surface area contributed by atoms with Gasteiger partial charge in [0, 0.05) is 23.9 Å². The first-order valence-corrected chi connectivity index (χ1v) is 4.70. The molecule has 1 aromatic rings. The number of rotatable bonds is 4. The molecular formula is C11H14O3Sn. The van der Waals surface area contributed by atoms with Crippen LogP contribution in [0.2, 0.25) is 0 Å². The second-order valence-corrected chi connectivity index (χ2v) is 3.01. The van der Waals surface area contributed by atoms with E-state index < -0.39 is 5.97 Å². The van der Waals surface area contributed by atoms with Crippen molar-refractivity contribution in [2.75, 3.05) is 6.61 Å². The van der Waals surface area contributed by atoms with Crippen molar-refractivity contribution in [2.45, 2.75) is 19.8 Å². The molecule has 1 aromatic carbocycles. The van der Waals surface area contributed by atoms with Gasteiger partial charge in [0.05, 0.1) is 6.61 Å². The zero-order valence-electron chi connectivity index (χ0n) is 8.69. The third-order valence-electron chi connectivity index (χ3n) is 1.86. The van der Waals surface area contributed by atoms with E-state index in [2.05, 4.69) is 0 Å². The molecule has 0 aromatic heterocycles. The molecule has 0 spiro atoms. The predicted molar refractivity (Wildman–Crippen MR) is 59.1 cm³/mol. The number of aromatic hydroxyl groups is 1. The first-order chi connectivity index (χ1) is 6.75. The number of ether oxygens (including phenoxy) is 1. The van der Waals surface area contributed by atoms with E-state index in [1.54, 1.807) is 18.2 Å². The summed E-state index contributed by atoms with van der Waals surface area (Å²) in [7, 11) is 0. The molecule has 0 fully saturated rings. The van der Waals surface area contributed by atoms with Crippen molar-refractivity contribution in [1.82, 2.24) is 0 Å². The fraction of sp³-hybridized carbons (Fsp3) is 0.364. The molecule has 0 aliphatic rings. The molecule has 0 saturated heterocycles. The van der Waals surface area contributed by atoms with Crippen LogP contribution >= 0.6 is 0 Å². The molecule has 3 nitrogen and oxygen atoms in total. The number of unbranched alkanes of at least 4 members (excludes halogenated alkanes) is 1. The summed E-state index contributed by atoms with van der Waals surface area (Å²) in [5, 5.41) is 9.34. The Morgan fingerprint density at radius 2 is 2.07 bits per heavy atom. The van der Waals surface area contributed by atoms with E-state index in [0.29, 0.717) is 6.61 Å². The maximum absolute atomic E-state index is 11.4. The maximum Gasteiger partial charge on any atom is 0.341 e. The van der Waals surface area contributed by atoms with E-state index in [0.717, 1.165) is 12.8 Å². The van der Waals surface area contributed by atoms with E-state index in [1.807, 2.05) is 6.92 Å². The van der Waals surface area contributed by atoms with E-state index in [4.69, 9.17) is 4.74 Å². The number of carbonyl (C=O) groups is 1. The summed E-state index contributed by atoms with van der Waals surface area (Å²) in [6.45, 7) is 2.43. The Kier molecular flexibility index (Phi) is 7.20. The summed E-state index contributed by atoms with van der Waals surface area (Å²) in [6.07, 6.45) is 1.83. The second kappa shape index (κ2) is 7.56. The van der Waals surface area contributed by atoms with Crippen molar-refractivity contribution in [3.8, 4) is 5.75 Å². The Morgan fingerprint density at radius 3 is 2.67 bits per heavy atom. The Labute approximate surface area is 106 Å². The van der Waals surface area contributed by atoms with E-state index in [9.17, 15) is 9.90 Å². The van der Waals surface area contributed by atoms with Gasteiger partial charge < -0.3 is 9.84 Å². The molecule has 15 heavy (non-hydrogen) atoms. The normalized spacial score (nSPS) is 9.13. The molecule has 0 atom stereocenters. The first-order valence-electron chi connectivity index (χ1n) is 4.70. The third-order valence-corrected chi connectivity index (χ3v) is 1.86. The zero-order valence-corrected chi connectivity index (χ0v) is 11.5. The quantitative estimate of drug-likeness (QED) is 0.525. The number of esters is 1. The average molecular weight is 313 g/mol. The topological polar surface area (TPSA) is 46.5 Å². The molecule has 0 amide bonds. The van der Waals surface area contributed by atoms with Crippen LogP contribution < -0.4 is 0 Å². The van der Waals surface area contributed by atoms with Gasteiger partial charge in [0.15, 0.2) is 0 Å². The van der Waals surface area contributed by atoms with E-state index in [1.165, 1.54) is 6.07 Å². The Balaban J connectivity index is 0.00000196. The van der Waals surface area contributed by atoms with Crippen LogP contribution in [0.25, 0.3) is 0 Å². The molecule has 1 N–H and O–H groups in total. The number of para-hydroxylation sites is 1. The number of hydrogen-bond donors (Lipinski definition) is 1. The fourth-order valence-corrected chi connectivity index (χ4v) is 1.03. The van der Waals surface area contributed by atoms with Crippen molar-refractivity contribution >= 4 is 29.9 Å². The minimum Gasteiger partial charge on any atom is -0.507 e. The smallest absolute Gasteiger partial charge is 0.341 e. The van der Waals surface area contributed by atoms with Gasteiger partial charge in [-0.1, -0.05) is 25.5 Å². The second-order valence-electron chi connectivity index (χ2n) is 3.01. The zero-order chi connectivity index (χ0) is 10.4. The van der Waals surface area contributed by atoms with Crippen LogP contribution in [0, 0.1) is 0 Å². The van der Waals surface area contributed by atoms with Crippen LogP contribution in [-0.2, 0) is 4.74 Å². The minimum atomic E-state index is -0.462. The molecule has 80 valence electrons. The molecule has 0 heterocycles. The van der Waals surface area contributed by atoms with E-state index in [-0.39, 0.29) is 35.2 Å². The van der Waals surface area contributed by atoms with Crippen LogP contribution in [0.1, 0.15) is 30.1 Å². The molecule has 0 saturated carbocycles. The van der Waals surface area contributed by atoms with Gasteiger partial charge in [-0.15, -0.1) is 0 Å². The first kappa shape index (κ1) is 14.3. The van der Waals surface area contributed by atoms with Gasteiger partial charge in [-0.2, -0.15) is 0 Å². The third kappa shape index (κ3) is 4.55. The van der Waals surface area contributed by atoms with Gasteiger partial charge in [0.2, 0.25) is 0 Å². The monoisotopic (exact) mass is 314 g/mol. The number of phenolic OH excluding ortho intramolecular Hbond substituents is 1. The van der Waals surface area contributed by atoms with Crippen LogP contribution in [0.5, 0.6) is 5.75 Å². The molecule has 4 heteroatoms. The molecule has 4 radical (unpaired) electrons. The van der Waals surface area contributed by atoms with Gasteiger partial charge in [-0.05, 0) is 18.6 Å². The predicted octanol–water partition coefficient (Wildman–Crippen LogP) is 1.97. The number of hydrogen-bond acceptors (Lipinski definition) is 3. The maximum atomic E-state index is 11.4. The van der Waals surface area contributed by atoms with Crippen molar-refractivity contribution in [1.29, 1.82) is 0 Å². The van der Waals surface area contributed by atoms with Crippen molar-refractivity contribution in [3.05, 3.63) is 29.8 Å². The van der Waals surface area contributed by atoms with Crippen LogP contribution in [0.4, 0.5) is 0 Å². The van der Waals surface area contributed by atoms with Gasteiger partial charge in [0.1, 0.15) is 11.3 Å². The standard InChI is InChI=1S/C11H14O3.Sn/c1-2-3-8-14-11(13)9-6-4-5-7-10(9)12;/h4-7,12H,2-3,8H2,1H3;. The van der Waals surface area contributed by atoms with Crippen molar-refractivity contribution < 1.29 is 14.6 Å². The SMILES string of the molecule is CCCCOC(=O)c1ccccc1O.[Sn]. The summed E-state index contributed by atoms with van der Waals surface area (Å²) >= 11 is 0. The van der Waals surface area contributed by atoms with E-state index >= 15 is 0 Å². The van der Waals surface area contributed by atoms with Crippen molar-refractivity contribution in [3.63, 3.8) is 0 Å². The molecule has 0 bridgehead atoms. The number of carbonyl (C=O) groups excluding carboxylic acids is 1. The van der Waals surface area contributed by atoms with Gasteiger partial charge in [0.25, 0.3) is 0 Å². The molecule has 1 rings (SSSR count). The number of benzene rings is 1. The minimum absolute atomic E-state index is 0. The van der Waals surface area contributed by atoms with Gasteiger partial charge >= 0.3 is 5.97 Å². The average Bonchev–Trinajstić information content (AvgIpc) is 2.18. The summed E-state index contributed by atoms with van der Waals surface area (Å²) in [6, 6.07) is 6.37. The Hall–Kier alpha value is -0.711. The van der Waals surface area contributed by atoms with Crippen LogP contribution in [0.15, 0.2) is 24.3 Å². The number of phenols is 1. The summed E-state index contributed by atoms with van der Waals surface area (Å²) < 4.78 is 4.95. The summed E-state index contributed by atoms with van der Waals surface area (Å²) in [5.74, 6) is -0.495. The molecule has 0 unspecified atom stereocenters. The largest absolute Gasteiger partial charge is 0.507 e. The van der Waals surface area contributed by atoms with Gasteiger partial charge in [-0.3, -0.25) is 0 Å². The summed E-state index contributed by atoms with van der Waals surface area (Å²) in [4.78, 5) is 11.4. The Morgan fingerprint density at radius 1 is 1.40 bits per heavy atom. The van der Waals surface area contributed by atoms with Crippen LogP contribution in [0.3, 0.4) is 0 Å². The molecular weight excluding hydrogens is 299 g/mol. The Bertz CT molecular complexity index is 312.